The minimum Gasteiger partial charge on any atom is -0.320 e. The first kappa shape index (κ1) is 18.4. The van der Waals surface area contributed by atoms with Crippen LogP contribution in [0.25, 0.3) is 0 Å². The molecule has 0 aromatic heterocycles. The van der Waals surface area contributed by atoms with Crippen LogP contribution in [0.3, 0.4) is 0 Å². The van der Waals surface area contributed by atoms with Crippen molar-refractivity contribution >= 4 is 10.0 Å². The first-order valence-electron chi connectivity index (χ1n) is 8.62. The van der Waals surface area contributed by atoms with Gasteiger partial charge in [-0.05, 0) is 42.5 Å². The number of nitrogens with two attached hydrogens (primary N) is 1. The first-order valence-corrected chi connectivity index (χ1v) is 10.1. The van der Waals surface area contributed by atoms with Crippen LogP contribution in [0.1, 0.15) is 17.5 Å². The molecule has 1 saturated carbocycles. The molecular weight excluding hydrogens is 344 g/mol. The topological polar surface area (TPSA) is 72.2 Å². The molecule has 3 rings (SSSR count). The summed E-state index contributed by atoms with van der Waals surface area (Å²) in [7, 11) is -3.70. The lowest BCUT2D eigenvalue weighted by Gasteiger charge is -2.17. The molecular formula is C21H24N2O2S. The molecule has 1 aliphatic rings. The van der Waals surface area contributed by atoms with Gasteiger partial charge in [-0.15, -0.1) is 6.58 Å². The van der Waals surface area contributed by atoms with E-state index in [2.05, 4.69) is 30.0 Å². The molecule has 2 aromatic carbocycles. The Morgan fingerprint density at radius 2 is 1.81 bits per heavy atom. The van der Waals surface area contributed by atoms with Crippen molar-refractivity contribution in [1.82, 2.24) is 4.72 Å². The van der Waals surface area contributed by atoms with E-state index in [1.807, 2.05) is 24.3 Å². The third-order valence-corrected chi connectivity index (χ3v) is 6.31. The fraction of sp³-hybridized carbons (Fsp3) is 0.238. The van der Waals surface area contributed by atoms with Gasteiger partial charge in [0.25, 0.3) is 10.0 Å². The Morgan fingerprint density at radius 3 is 2.46 bits per heavy atom. The van der Waals surface area contributed by atoms with Crippen molar-refractivity contribution < 1.29 is 8.42 Å². The van der Waals surface area contributed by atoms with Gasteiger partial charge in [0.1, 0.15) is 0 Å². The van der Waals surface area contributed by atoms with Crippen molar-refractivity contribution in [2.24, 2.45) is 11.7 Å². The van der Waals surface area contributed by atoms with E-state index in [0.29, 0.717) is 12.1 Å². The van der Waals surface area contributed by atoms with Gasteiger partial charge in [0.15, 0.2) is 0 Å². The summed E-state index contributed by atoms with van der Waals surface area (Å²) in [5.74, 6) is 0.0647. The molecule has 0 heterocycles. The maximum atomic E-state index is 12.7. The van der Waals surface area contributed by atoms with Gasteiger partial charge in [-0.2, -0.15) is 0 Å². The molecule has 4 nitrogen and oxygen atoms in total. The van der Waals surface area contributed by atoms with Crippen LogP contribution < -0.4 is 10.5 Å². The van der Waals surface area contributed by atoms with Crippen molar-refractivity contribution in [2.45, 2.75) is 29.7 Å². The second-order valence-electron chi connectivity index (χ2n) is 6.80. The molecule has 0 saturated heterocycles. The summed E-state index contributed by atoms with van der Waals surface area (Å²) in [6.45, 7) is 7.55. The van der Waals surface area contributed by atoms with E-state index in [1.54, 1.807) is 24.3 Å². The summed E-state index contributed by atoms with van der Waals surface area (Å²) in [5, 5.41) is 0. The molecule has 3 N–H and O–H groups in total. The molecule has 0 unspecified atom stereocenters. The van der Waals surface area contributed by atoms with E-state index in [9.17, 15) is 8.42 Å². The fourth-order valence-corrected chi connectivity index (χ4v) is 4.26. The predicted molar refractivity (Wildman–Crippen MR) is 105 cm³/mol. The number of aryl methyl sites for hydroxylation is 2. The Balaban J connectivity index is 1.70. The molecule has 2 atom stereocenters. The minimum atomic E-state index is -3.70. The lowest BCUT2D eigenvalue weighted by atomic mass is 10.0. The Hall–Kier alpha value is -2.37. The number of hydrogen-bond acceptors (Lipinski definition) is 3. The quantitative estimate of drug-likeness (QED) is 0.703. The van der Waals surface area contributed by atoms with E-state index in [4.69, 9.17) is 5.73 Å². The van der Waals surface area contributed by atoms with Crippen molar-refractivity contribution in [3.63, 3.8) is 0 Å². The average Bonchev–Trinajstić information content (AvgIpc) is 3.33. The van der Waals surface area contributed by atoms with E-state index in [0.717, 1.165) is 18.4 Å². The molecule has 0 radical (unpaired) electrons. The van der Waals surface area contributed by atoms with Crippen molar-refractivity contribution in [1.29, 1.82) is 0 Å². The lowest BCUT2D eigenvalue weighted by Crippen LogP contribution is -2.37. The number of hydrogen-bond donors (Lipinski definition) is 2. The second kappa shape index (κ2) is 7.09. The highest BCUT2D eigenvalue weighted by Crippen LogP contribution is 2.46. The highest BCUT2D eigenvalue weighted by atomic mass is 32.2. The third kappa shape index (κ3) is 3.89. The first-order chi connectivity index (χ1) is 12.3. The van der Waals surface area contributed by atoms with Crippen LogP contribution in [0.2, 0.25) is 0 Å². The van der Waals surface area contributed by atoms with Gasteiger partial charge in [-0.25, -0.2) is 8.42 Å². The Bertz CT molecular complexity index is 922. The van der Waals surface area contributed by atoms with Gasteiger partial charge in [-0.1, -0.05) is 55.1 Å². The molecule has 5 heteroatoms. The Kier molecular flexibility index (Phi) is 5.03. The van der Waals surface area contributed by atoms with E-state index >= 15 is 0 Å². The van der Waals surface area contributed by atoms with Gasteiger partial charge < -0.3 is 5.73 Å². The molecule has 1 aliphatic carbocycles. The monoisotopic (exact) mass is 368 g/mol. The largest absolute Gasteiger partial charge is 0.320 e. The number of benzene rings is 2. The molecule has 1 fully saturated rings. The van der Waals surface area contributed by atoms with Crippen LogP contribution in [-0.4, -0.2) is 14.0 Å². The van der Waals surface area contributed by atoms with Crippen LogP contribution >= 0.6 is 0 Å². The molecule has 0 bridgehead atoms. The molecule has 0 aliphatic heterocycles. The normalized spacial score (nSPS) is 21.8. The fourth-order valence-electron chi connectivity index (χ4n) is 3.06. The predicted octanol–water partition coefficient (Wildman–Crippen LogP) is 3.17. The van der Waals surface area contributed by atoms with Gasteiger partial charge in [-0.3, -0.25) is 4.72 Å². The summed E-state index contributed by atoms with van der Waals surface area (Å²) in [6, 6.07) is 17.1. The maximum absolute atomic E-state index is 12.7. The molecule has 0 spiro atoms. The zero-order valence-corrected chi connectivity index (χ0v) is 15.5. The highest BCUT2D eigenvalue weighted by Gasteiger charge is 2.52. The molecule has 0 amide bonds. The molecule has 2 aromatic rings. The standard InChI is InChI=1S/C21H24N2O2S/c1-3-19-15-21(19,22)16(2)23-26(24,25)20-11-7-10-18(14-20)13-12-17-8-5-4-6-9-17/h3-11,14,19,23H,1-2,12-13,15,22H2/t19-,21+/m1/s1. The number of sulfonamides is 1. The molecule has 26 heavy (non-hydrogen) atoms. The van der Waals surface area contributed by atoms with Crippen molar-refractivity contribution in [3.8, 4) is 0 Å². The zero-order chi connectivity index (χ0) is 18.8. The third-order valence-electron chi connectivity index (χ3n) is 4.92. The van der Waals surface area contributed by atoms with Crippen LogP contribution in [0, 0.1) is 5.92 Å². The summed E-state index contributed by atoms with van der Waals surface area (Å²) >= 11 is 0. The maximum Gasteiger partial charge on any atom is 0.261 e. The summed E-state index contributed by atoms with van der Waals surface area (Å²) in [4.78, 5) is 0.226. The van der Waals surface area contributed by atoms with Gasteiger partial charge in [0.2, 0.25) is 0 Å². The minimum absolute atomic E-state index is 0.0647. The lowest BCUT2D eigenvalue weighted by molar-refractivity contribution is 0.581. The van der Waals surface area contributed by atoms with Gasteiger partial charge in [0.05, 0.1) is 10.4 Å². The van der Waals surface area contributed by atoms with Crippen LogP contribution in [0.15, 0.2) is 84.4 Å². The van der Waals surface area contributed by atoms with Gasteiger partial charge in [0, 0.05) is 11.6 Å². The summed E-state index contributed by atoms with van der Waals surface area (Å²) in [6.07, 6.45) is 4.03. The second-order valence-corrected chi connectivity index (χ2v) is 8.49. The Labute approximate surface area is 155 Å². The number of nitrogens with one attached hydrogen (secondary N) is 1. The van der Waals surface area contributed by atoms with E-state index in [-0.39, 0.29) is 10.8 Å². The van der Waals surface area contributed by atoms with Crippen molar-refractivity contribution in [2.75, 3.05) is 0 Å². The van der Waals surface area contributed by atoms with E-state index < -0.39 is 15.6 Å². The molecule has 136 valence electrons. The summed E-state index contributed by atoms with van der Waals surface area (Å²) in [5.41, 5.74) is 7.96. The van der Waals surface area contributed by atoms with E-state index in [1.165, 1.54) is 5.56 Å². The highest BCUT2D eigenvalue weighted by molar-refractivity contribution is 7.89. The SMILES string of the molecule is C=C[C@@H]1C[C@]1(N)C(=C)NS(=O)(=O)c1cccc(CCc2ccccc2)c1. The average molecular weight is 369 g/mol. The smallest absolute Gasteiger partial charge is 0.261 e. The van der Waals surface area contributed by atoms with Crippen LogP contribution in [-0.2, 0) is 22.9 Å². The number of rotatable bonds is 8. The summed E-state index contributed by atoms with van der Waals surface area (Å²) < 4.78 is 27.9. The zero-order valence-electron chi connectivity index (χ0n) is 14.7. The van der Waals surface area contributed by atoms with Crippen molar-refractivity contribution in [3.05, 3.63) is 90.7 Å². The Morgan fingerprint density at radius 1 is 1.15 bits per heavy atom. The van der Waals surface area contributed by atoms with Gasteiger partial charge >= 0.3 is 0 Å². The van der Waals surface area contributed by atoms with Crippen LogP contribution in [0.4, 0.5) is 0 Å². The van der Waals surface area contributed by atoms with Crippen LogP contribution in [0.5, 0.6) is 0 Å².